The number of piperidine rings is 1. The van der Waals surface area contributed by atoms with Gasteiger partial charge in [0.1, 0.15) is 6.04 Å². The first-order valence-electron chi connectivity index (χ1n) is 7.29. The number of carbonyl (C=O) groups is 1. The molecule has 0 aliphatic carbocycles. The van der Waals surface area contributed by atoms with Crippen LogP contribution < -0.4 is 5.32 Å². The first-order valence-corrected chi connectivity index (χ1v) is 7.29. The Hall–Kier alpha value is -0.650. The number of hydrogen-bond donors (Lipinski definition) is 1. The largest absolute Gasteiger partial charge is 0.465 e. The lowest BCUT2D eigenvalue weighted by atomic mass is 9.97. The van der Waals surface area contributed by atoms with E-state index >= 15 is 0 Å². The Kier molecular flexibility index (Phi) is 8.02. The van der Waals surface area contributed by atoms with Gasteiger partial charge in [0, 0.05) is 20.2 Å². The average Bonchev–Trinajstić information content (AvgIpc) is 2.43. The molecule has 0 radical (unpaired) electrons. The van der Waals surface area contributed by atoms with E-state index in [1.165, 1.54) is 6.42 Å². The summed E-state index contributed by atoms with van der Waals surface area (Å²) in [6.45, 7) is 8.85. The molecule has 1 rings (SSSR count). The Balaban J connectivity index is 2.30. The van der Waals surface area contributed by atoms with Crippen molar-refractivity contribution < 1.29 is 14.3 Å². The van der Waals surface area contributed by atoms with E-state index in [2.05, 4.69) is 10.2 Å². The fourth-order valence-corrected chi connectivity index (χ4v) is 2.51. The predicted molar refractivity (Wildman–Crippen MR) is 75.1 cm³/mol. The van der Waals surface area contributed by atoms with Crippen molar-refractivity contribution in [3.8, 4) is 0 Å². The summed E-state index contributed by atoms with van der Waals surface area (Å²) in [7, 11) is 1.71. The van der Waals surface area contributed by atoms with Crippen LogP contribution in [-0.4, -0.2) is 63.4 Å². The maximum absolute atomic E-state index is 11.8. The van der Waals surface area contributed by atoms with Crippen LogP contribution in [0.15, 0.2) is 0 Å². The molecule has 1 N–H and O–H groups in total. The summed E-state index contributed by atoms with van der Waals surface area (Å²) in [5.41, 5.74) is 0. The summed E-state index contributed by atoms with van der Waals surface area (Å²) in [6.07, 6.45) is 2.38. The second-order valence-corrected chi connectivity index (χ2v) is 5.13. The van der Waals surface area contributed by atoms with Crippen LogP contribution in [0.4, 0.5) is 0 Å². The maximum atomic E-state index is 11.8. The molecule has 112 valence electrons. The summed E-state index contributed by atoms with van der Waals surface area (Å²) in [5.74, 6) is 0.512. The van der Waals surface area contributed by atoms with Crippen molar-refractivity contribution in [1.29, 1.82) is 0 Å². The highest BCUT2D eigenvalue weighted by atomic mass is 16.5. The molecule has 1 aliphatic rings. The maximum Gasteiger partial charge on any atom is 0.323 e. The fraction of sp³-hybridized carbons (Fsp3) is 0.929. The summed E-state index contributed by atoms with van der Waals surface area (Å²) in [6, 6.07) is -0.123. The molecule has 0 spiro atoms. The van der Waals surface area contributed by atoms with Gasteiger partial charge in [0.15, 0.2) is 0 Å². The summed E-state index contributed by atoms with van der Waals surface area (Å²) < 4.78 is 10.1. The normalized spacial score (nSPS) is 22.2. The van der Waals surface area contributed by atoms with Gasteiger partial charge in [0.05, 0.1) is 13.2 Å². The molecule has 0 saturated carbocycles. The van der Waals surface area contributed by atoms with E-state index in [1.807, 2.05) is 13.8 Å². The summed E-state index contributed by atoms with van der Waals surface area (Å²) in [4.78, 5) is 14.0. The number of nitrogens with zero attached hydrogens (tertiary/aromatic N) is 1. The monoisotopic (exact) mass is 272 g/mol. The van der Waals surface area contributed by atoms with Crippen LogP contribution in [0.1, 0.15) is 26.7 Å². The highest BCUT2D eigenvalue weighted by Crippen LogP contribution is 2.18. The molecular weight excluding hydrogens is 244 g/mol. The minimum Gasteiger partial charge on any atom is -0.465 e. The zero-order chi connectivity index (χ0) is 14.1. The van der Waals surface area contributed by atoms with E-state index < -0.39 is 0 Å². The van der Waals surface area contributed by atoms with Gasteiger partial charge >= 0.3 is 5.97 Å². The number of rotatable bonds is 8. The van der Waals surface area contributed by atoms with Crippen molar-refractivity contribution in [3.05, 3.63) is 0 Å². The number of nitrogens with one attached hydrogen (secondary N) is 1. The Morgan fingerprint density at radius 1 is 1.53 bits per heavy atom. The van der Waals surface area contributed by atoms with Crippen LogP contribution in [0.5, 0.6) is 0 Å². The summed E-state index contributed by atoms with van der Waals surface area (Å²) >= 11 is 0. The van der Waals surface area contributed by atoms with Gasteiger partial charge in [-0.25, -0.2) is 0 Å². The van der Waals surface area contributed by atoms with Gasteiger partial charge in [-0.3, -0.25) is 9.69 Å². The molecule has 2 atom stereocenters. The van der Waals surface area contributed by atoms with Crippen LogP contribution in [-0.2, 0) is 14.3 Å². The molecule has 1 heterocycles. The van der Waals surface area contributed by atoms with Crippen molar-refractivity contribution in [2.75, 3.05) is 46.5 Å². The molecular formula is C14H28N2O3. The van der Waals surface area contributed by atoms with Crippen molar-refractivity contribution in [3.63, 3.8) is 0 Å². The highest BCUT2D eigenvalue weighted by Gasteiger charge is 2.27. The number of carbonyl (C=O) groups excluding carboxylic acids is 1. The zero-order valence-electron chi connectivity index (χ0n) is 12.5. The van der Waals surface area contributed by atoms with E-state index in [0.717, 1.165) is 39.2 Å². The van der Waals surface area contributed by atoms with E-state index in [-0.39, 0.29) is 12.0 Å². The second kappa shape index (κ2) is 9.28. The smallest absolute Gasteiger partial charge is 0.323 e. The Labute approximate surface area is 116 Å². The molecule has 0 aromatic heterocycles. The molecule has 1 fully saturated rings. The van der Waals surface area contributed by atoms with Crippen LogP contribution in [0.25, 0.3) is 0 Å². The minimum atomic E-state index is -0.123. The van der Waals surface area contributed by atoms with E-state index in [9.17, 15) is 4.79 Å². The Bertz CT molecular complexity index is 261. The van der Waals surface area contributed by atoms with Crippen LogP contribution in [0.2, 0.25) is 0 Å². The number of esters is 1. The molecule has 2 unspecified atom stereocenters. The molecule has 0 aromatic rings. The van der Waals surface area contributed by atoms with Crippen molar-refractivity contribution in [2.45, 2.75) is 32.7 Å². The van der Waals surface area contributed by atoms with E-state index in [4.69, 9.17) is 9.47 Å². The standard InChI is InChI=1S/C14H28N2O3/c1-4-19-14(17)12(2)16-8-5-6-13(11-16)10-15-7-9-18-3/h12-13,15H,4-11H2,1-3H3. The van der Waals surface area contributed by atoms with Gasteiger partial charge in [-0.05, 0) is 45.7 Å². The number of likely N-dealkylation sites (tertiary alicyclic amines) is 1. The molecule has 1 aliphatic heterocycles. The van der Waals surface area contributed by atoms with Crippen molar-refractivity contribution in [1.82, 2.24) is 10.2 Å². The first kappa shape index (κ1) is 16.4. The van der Waals surface area contributed by atoms with Gasteiger partial charge in [-0.2, -0.15) is 0 Å². The summed E-state index contributed by atoms with van der Waals surface area (Å²) in [5, 5.41) is 3.40. The lowest BCUT2D eigenvalue weighted by Crippen LogP contribution is -2.47. The number of ether oxygens (including phenoxy) is 2. The van der Waals surface area contributed by atoms with E-state index in [1.54, 1.807) is 7.11 Å². The predicted octanol–water partition coefficient (Wildman–Crippen LogP) is 0.886. The minimum absolute atomic E-state index is 0.101. The van der Waals surface area contributed by atoms with Crippen molar-refractivity contribution in [2.24, 2.45) is 5.92 Å². The Morgan fingerprint density at radius 3 is 3.00 bits per heavy atom. The zero-order valence-corrected chi connectivity index (χ0v) is 12.5. The lowest BCUT2D eigenvalue weighted by molar-refractivity contribution is -0.149. The van der Waals surface area contributed by atoms with Crippen LogP contribution in [0, 0.1) is 5.92 Å². The third kappa shape index (κ3) is 5.89. The third-order valence-electron chi connectivity index (χ3n) is 3.64. The van der Waals surface area contributed by atoms with Crippen LogP contribution in [0.3, 0.4) is 0 Å². The Morgan fingerprint density at radius 2 is 2.32 bits per heavy atom. The molecule has 5 heteroatoms. The molecule has 0 bridgehead atoms. The average molecular weight is 272 g/mol. The molecule has 19 heavy (non-hydrogen) atoms. The van der Waals surface area contributed by atoms with E-state index in [0.29, 0.717) is 12.5 Å². The number of hydrogen-bond acceptors (Lipinski definition) is 5. The van der Waals surface area contributed by atoms with Gasteiger partial charge in [0.25, 0.3) is 0 Å². The quantitative estimate of drug-likeness (QED) is 0.525. The van der Waals surface area contributed by atoms with Gasteiger partial charge in [-0.1, -0.05) is 0 Å². The molecule has 5 nitrogen and oxygen atoms in total. The van der Waals surface area contributed by atoms with Gasteiger partial charge in [-0.15, -0.1) is 0 Å². The molecule has 0 amide bonds. The van der Waals surface area contributed by atoms with Crippen molar-refractivity contribution >= 4 is 5.97 Å². The van der Waals surface area contributed by atoms with Crippen LogP contribution >= 0.6 is 0 Å². The number of methoxy groups -OCH3 is 1. The highest BCUT2D eigenvalue weighted by molar-refractivity contribution is 5.75. The second-order valence-electron chi connectivity index (χ2n) is 5.13. The lowest BCUT2D eigenvalue weighted by Gasteiger charge is -2.35. The SMILES string of the molecule is CCOC(=O)C(C)N1CCCC(CNCCOC)C1. The molecule has 0 aromatic carbocycles. The first-order chi connectivity index (χ1) is 9.19. The fourth-order valence-electron chi connectivity index (χ4n) is 2.51. The topological polar surface area (TPSA) is 50.8 Å². The van der Waals surface area contributed by atoms with Gasteiger partial charge in [0.2, 0.25) is 0 Å². The van der Waals surface area contributed by atoms with Gasteiger partial charge < -0.3 is 14.8 Å². The molecule has 1 saturated heterocycles. The third-order valence-corrected chi connectivity index (χ3v) is 3.64.